The number of fused-ring (bicyclic) bond motifs is 5. The highest BCUT2D eigenvalue weighted by Gasteiger charge is 2.60. The van der Waals surface area contributed by atoms with Crippen molar-refractivity contribution in [3.05, 3.63) is 41.2 Å². The summed E-state index contributed by atoms with van der Waals surface area (Å²) in [4.78, 5) is 0. The molecule has 0 bridgehead atoms. The van der Waals surface area contributed by atoms with E-state index in [4.69, 9.17) is 0 Å². The number of halogens is 1. The molecule has 0 aromatic heterocycles. The summed E-state index contributed by atoms with van der Waals surface area (Å²) in [6.07, 6.45) is 13.6. The molecule has 4 fully saturated rings. The summed E-state index contributed by atoms with van der Waals surface area (Å²) >= 11 is 0. The van der Waals surface area contributed by atoms with Crippen LogP contribution in [-0.2, 0) is 0 Å². The maximum Gasteiger partial charge on any atom is 0.123 e. The van der Waals surface area contributed by atoms with Crippen LogP contribution in [0.3, 0.4) is 0 Å². The van der Waals surface area contributed by atoms with Gasteiger partial charge in [-0.3, -0.25) is 0 Å². The standard InChI is InChI=1S/C26H35FO/c1-25-12-4-3-7-19(25)9-10-21-22(25)11-13-26(2)23(21)16-18(24(26)28)14-17-6-5-8-20(27)15-17/h5-6,8,14-15,19,21-24,28H,3-4,7,9-13,16H2,1-2H3/b18-14-/t19-,21+,22-,23-,24-,25+,26-/m1/s1. The molecule has 0 saturated heterocycles. The fourth-order valence-corrected chi connectivity index (χ4v) is 8.10. The molecule has 28 heavy (non-hydrogen) atoms. The Morgan fingerprint density at radius 2 is 1.86 bits per heavy atom. The van der Waals surface area contributed by atoms with E-state index in [1.807, 2.05) is 6.07 Å². The van der Waals surface area contributed by atoms with Crippen molar-refractivity contribution in [2.75, 3.05) is 0 Å². The first-order chi connectivity index (χ1) is 13.4. The van der Waals surface area contributed by atoms with E-state index < -0.39 is 0 Å². The molecular formula is C26H35FO. The minimum absolute atomic E-state index is 0.00180. The van der Waals surface area contributed by atoms with Crippen LogP contribution in [0.5, 0.6) is 0 Å². The fourth-order valence-electron chi connectivity index (χ4n) is 8.10. The lowest BCUT2D eigenvalue weighted by Crippen LogP contribution is -2.53. The van der Waals surface area contributed by atoms with Gasteiger partial charge >= 0.3 is 0 Å². The second-order valence-electron chi connectivity index (χ2n) is 10.8. The van der Waals surface area contributed by atoms with Crippen LogP contribution in [0.2, 0.25) is 0 Å². The summed E-state index contributed by atoms with van der Waals surface area (Å²) in [5.41, 5.74) is 2.55. The van der Waals surface area contributed by atoms with Crippen LogP contribution < -0.4 is 0 Å². The third kappa shape index (κ3) is 2.74. The lowest BCUT2D eigenvalue weighted by atomic mass is 9.45. The Labute approximate surface area is 169 Å². The van der Waals surface area contributed by atoms with Crippen molar-refractivity contribution < 1.29 is 9.50 Å². The molecule has 0 heterocycles. The number of benzene rings is 1. The number of hydrogen-bond acceptors (Lipinski definition) is 1. The number of hydrogen-bond donors (Lipinski definition) is 1. The van der Waals surface area contributed by atoms with E-state index in [0.717, 1.165) is 41.7 Å². The van der Waals surface area contributed by atoms with Gasteiger partial charge in [0.1, 0.15) is 5.82 Å². The van der Waals surface area contributed by atoms with E-state index in [9.17, 15) is 9.50 Å². The van der Waals surface area contributed by atoms with Crippen LogP contribution in [0.25, 0.3) is 6.08 Å². The molecular weight excluding hydrogens is 347 g/mol. The monoisotopic (exact) mass is 382 g/mol. The van der Waals surface area contributed by atoms with Gasteiger partial charge in [-0.2, -0.15) is 0 Å². The van der Waals surface area contributed by atoms with Crippen LogP contribution >= 0.6 is 0 Å². The average molecular weight is 383 g/mol. The van der Waals surface area contributed by atoms with Crippen molar-refractivity contribution in [2.24, 2.45) is 34.5 Å². The van der Waals surface area contributed by atoms with E-state index >= 15 is 0 Å². The van der Waals surface area contributed by atoms with E-state index in [0.29, 0.717) is 11.3 Å². The lowest BCUT2D eigenvalue weighted by Gasteiger charge is -2.60. The van der Waals surface area contributed by atoms with Gasteiger partial charge in [-0.15, -0.1) is 0 Å². The molecule has 0 amide bonds. The van der Waals surface area contributed by atoms with Gasteiger partial charge in [0.2, 0.25) is 0 Å². The predicted octanol–water partition coefficient (Wildman–Crippen LogP) is 6.61. The maximum atomic E-state index is 13.6. The van der Waals surface area contributed by atoms with Crippen molar-refractivity contribution in [2.45, 2.75) is 77.7 Å². The summed E-state index contributed by atoms with van der Waals surface area (Å²) < 4.78 is 13.6. The second-order valence-corrected chi connectivity index (χ2v) is 10.8. The van der Waals surface area contributed by atoms with Gasteiger partial charge in [0.15, 0.2) is 0 Å². The number of aliphatic hydroxyl groups excluding tert-OH is 1. The van der Waals surface area contributed by atoms with Gasteiger partial charge in [0.25, 0.3) is 0 Å². The molecule has 4 aliphatic carbocycles. The van der Waals surface area contributed by atoms with Crippen LogP contribution in [0.1, 0.15) is 77.2 Å². The Morgan fingerprint density at radius 1 is 1.00 bits per heavy atom. The minimum atomic E-state index is -0.376. The van der Waals surface area contributed by atoms with Gasteiger partial charge < -0.3 is 5.11 Å². The van der Waals surface area contributed by atoms with Crippen molar-refractivity contribution in [3.63, 3.8) is 0 Å². The Kier molecular flexibility index (Phi) is 4.50. The SMILES string of the molecule is C[C@]12CCCC[C@@H]1CC[C@H]1[C@H]2CC[C@@]2(C)[C@H](O)/C(=C\c3cccc(F)c3)C[C@H]12. The van der Waals surface area contributed by atoms with Gasteiger partial charge in [0.05, 0.1) is 6.10 Å². The van der Waals surface area contributed by atoms with E-state index in [1.54, 1.807) is 12.1 Å². The largest absolute Gasteiger partial charge is 0.388 e. The van der Waals surface area contributed by atoms with Crippen LogP contribution in [0.4, 0.5) is 4.39 Å². The third-order valence-electron chi connectivity index (χ3n) is 9.65. The molecule has 4 saturated carbocycles. The van der Waals surface area contributed by atoms with E-state index in [2.05, 4.69) is 19.9 Å². The topological polar surface area (TPSA) is 20.2 Å². The van der Waals surface area contributed by atoms with Crippen molar-refractivity contribution in [1.29, 1.82) is 0 Å². The molecule has 1 aromatic rings. The highest BCUT2D eigenvalue weighted by molar-refractivity contribution is 5.55. The molecule has 152 valence electrons. The van der Waals surface area contributed by atoms with Crippen molar-refractivity contribution >= 4 is 6.08 Å². The first-order valence-corrected chi connectivity index (χ1v) is 11.6. The molecule has 2 heteroatoms. The van der Waals surface area contributed by atoms with Gasteiger partial charge in [-0.1, -0.05) is 44.9 Å². The Balaban J connectivity index is 1.46. The zero-order valence-corrected chi connectivity index (χ0v) is 17.5. The maximum absolute atomic E-state index is 13.6. The molecule has 7 atom stereocenters. The molecule has 0 spiro atoms. The molecule has 0 unspecified atom stereocenters. The quantitative estimate of drug-likeness (QED) is 0.579. The second kappa shape index (κ2) is 6.69. The summed E-state index contributed by atoms with van der Waals surface area (Å²) in [6, 6.07) is 6.78. The molecule has 4 aliphatic rings. The Bertz CT molecular complexity index is 784. The van der Waals surface area contributed by atoms with Crippen molar-refractivity contribution in [3.8, 4) is 0 Å². The molecule has 1 N–H and O–H groups in total. The average Bonchev–Trinajstić information content (AvgIpc) is 2.92. The van der Waals surface area contributed by atoms with E-state index in [1.165, 1.54) is 51.0 Å². The number of aliphatic hydroxyl groups is 1. The summed E-state index contributed by atoms with van der Waals surface area (Å²) in [6.45, 7) is 4.94. The van der Waals surface area contributed by atoms with Crippen LogP contribution in [0, 0.1) is 40.3 Å². The van der Waals surface area contributed by atoms with Gasteiger partial charge in [-0.05, 0) is 97.3 Å². The molecule has 1 nitrogen and oxygen atoms in total. The normalized spacial score (nSPS) is 46.7. The summed E-state index contributed by atoms with van der Waals surface area (Å²) in [5.74, 6) is 2.91. The molecule has 0 radical (unpaired) electrons. The Morgan fingerprint density at radius 3 is 2.68 bits per heavy atom. The number of rotatable bonds is 1. The smallest absolute Gasteiger partial charge is 0.123 e. The highest BCUT2D eigenvalue weighted by atomic mass is 19.1. The molecule has 0 aliphatic heterocycles. The van der Waals surface area contributed by atoms with Crippen LogP contribution in [-0.4, -0.2) is 11.2 Å². The van der Waals surface area contributed by atoms with Gasteiger partial charge in [-0.25, -0.2) is 4.39 Å². The molecule has 1 aromatic carbocycles. The third-order valence-corrected chi connectivity index (χ3v) is 9.65. The van der Waals surface area contributed by atoms with Gasteiger partial charge in [0, 0.05) is 5.41 Å². The van der Waals surface area contributed by atoms with E-state index in [-0.39, 0.29) is 17.3 Å². The lowest BCUT2D eigenvalue weighted by molar-refractivity contribution is -0.119. The summed E-state index contributed by atoms with van der Waals surface area (Å²) in [7, 11) is 0. The Hall–Kier alpha value is -1.15. The first-order valence-electron chi connectivity index (χ1n) is 11.6. The highest BCUT2D eigenvalue weighted by Crippen LogP contribution is 2.67. The first kappa shape index (κ1) is 18.9. The molecule has 5 rings (SSSR count). The van der Waals surface area contributed by atoms with Crippen LogP contribution in [0.15, 0.2) is 29.8 Å². The zero-order chi connectivity index (χ0) is 19.5. The predicted molar refractivity (Wildman–Crippen MR) is 112 cm³/mol. The van der Waals surface area contributed by atoms with Crippen molar-refractivity contribution in [1.82, 2.24) is 0 Å². The fraction of sp³-hybridized carbons (Fsp3) is 0.692. The summed E-state index contributed by atoms with van der Waals surface area (Å²) in [5, 5.41) is 11.3. The zero-order valence-electron chi connectivity index (χ0n) is 17.5. The minimum Gasteiger partial charge on any atom is -0.388 e.